The third-order valence-corrected chi connectivity index (χ3v) is 7.19. The van der Waals surface area contributed by atoms with Gasteiger partial charge in [0.2, 0.25) is 0 Å². The number of fused-ring (bicyclic) bond motifs is 1. The number of ether oxygens (including phenoxy) is 2. The van der Waals surface area contributed by atoms with Gasteiger partial charge in [0.1, 0.15) is 32.0 Å². The molecule has 0 bridgehead atoms. The Balaban J connectivity index is 1.89. The van der Waals surface area contributed by atoms with Gasteiger partial charge >= 0.3 is 20.4 Å². The van der Waals surface area contributed by atoms with E-state index in [2.05, 4.69) is 21.1 Å². The number of halogens is 2. The van der Waals surface area contributed by atoms with E-state index in [4.69, 9.17) is 9.47 Å². The Morgan fingerprint density at radius 3 is 1.35 bits per heavy atom. The number of rotatable bonds is 8. The molecule has 0 saturated carbocycles. The van der Waals surface area contributed by atoms with E-state index in [0.29, 0.717) is 0 Å². The number of methoxy groups -OCH3 is 2. The van der Waals surface area contributed by atoms with Crippen LogP contribution < -0.4 is 41.9 Å². The van der Waals surface area contributed by atoms with E-state index in [1.54, 1.807) is 12.1 Å². The minimum absolute atomic E-state index is 0.0672. The van der Waals surface area contributed by atoms with E-state index in [1.165, 1.54) is 38.5 Å². The Hall–Kier alpha value is -4.70. The molecule has 0 atom stereocenters. The maximum absolute atomic E-state index is 13.5. The number of nitrogens with zero attached hydrogens (tertiary/aromatic N) is 2. The fraction of sp³-hybridized carbons (Fsp3) is 0.0833. The van der Waals surface area contributed by atoms with Gasteiger partial charge in [-0.3, -0.25) is 20.4 Å². The van der Waals surface area contributed by atoms with E-state index < -0.39 is 41.1 Å². The third-order valence-electron chi connectivity index (χ3n) is 5.55. The second kappa shape index (κ2) is 10.8. The molecule has 0 aliphatic carbocycles. The van der Waals surface area contributed by atoms with Crippen LogP contribution in [0.3, 0.4) is 0 Å². The van der Waals surface area contributed by atoms with Crippen LogP contribution in [0.1, 0.15) is 0 Å². The quantitative estimate of drug-likeness (QED) is 0.174. The van der Waals surface area contributed by atoms with Crippen LogP contribution in [0.5, 0.6) is 11.5 Å². The first kappa shape index (κ1) is 28.3. The fourth-order valence-electron chi connectivity index (χ4n) is 3.66. The lowest BCUT2D eigenvalue weighted by molar-refractivity contribution is 0.416. The van der Waals surface area contributed by atoms with Crippen molar-refractivity contribution in [3.63, 3.8) is 0 Å². The van der Waals surface area contributed by atoms with Crippen LogP contribution in [-0.4, -0.2) is 31.1 Å². The third kappa shape index (κ3) is 5.67. The molecule has 4 aromatic rings. The van der Waals surface area contributed by atoms with Crippen LogP contribution >= 0.6 is 0 Å². The summed E-state index contributed by atoms with van der Waals surface area (Å²) in [5.74, 6) is 0.134. The summed E-state index contributed by atoms with van der Waals surface area (Å²) in [6.45, 7) is 0. The van der Waals surface area contributed by atoms with E-state index in [9.17, 15) is 34.2 Å². The second-order valence-corrected chi connectivity index (χ2v) is 10.6. The minimum atomic E-state index is -5.07. The number of anilines is 2. The van der Waals surface area contributed by atoms with Crippen molar-refractivity contribution in [2.45, 2.75) is 9.79 Å². The molecule has 12 nitrogen and oxygen atoms in total. The first-order chi connectivity index (χ1) is 18.8. The van der Waals surface area contributed by atoms with Crippen molar-refractivity contribution in [3.8, 4) is 11.5 Å². The molecule has 0 fully saturated rings. The summed E-state index contributed by atoms with van der Waals surface area (Å²) in [7, 11) is -7.59. The SMILES string of the molecule is COc1ccc(S(=O)(=O)F)cc1N/N=c1\c(=O)c(=O)/c(=N/Nc2cc(S(=O)(=O)F)ccc2OC)c2ccccc12. The van der Waals surface area contributed by atoms with Crippen LogP contribution in [0.2, 0.25) is 0 Å². The molecular weight excluding hydrogens is 574 g/mol. The molecule has 0 heterocycles. The van der Waals surface area contributed by atoms with E-state index >= 15 is 0 Å². The standard InChI is InChI=1S/C24H18F2N4O8S2/c1-37-19-9-7-13(39(25,33)34)11-17(19)27-29-21-15-5-3-4-6-16(15)22(24(32)23(21)31)30-28-18-12-14(40(26,35)36)8-10-20(18)38-2/h3-12,27-28H,1-2H3/b29-21-,30-22+. The topological polar surface area (TPSA) is 170 Å². The first-order valence-electron chi connectivity index (χ1n) is 11.0. The van der Waals surface area contributed by atoms with Crippen molar-refractivity contribution < 1.29 is 34.1 Å². The van der Waals surface area contributed by atoms with Crippen LogP contribution in [0, 0.1) is 0 Å². The zero-order valence-electron chi connectivity index (χ0n) is 20.5. The van der Waals surface area contributed by atoms with E-state index in [-0.39, 0.29) is 44.4 Å². The molecule has 4 aromatic carbocycles. The number of nitrogens with one attached hydrogen (secondary N) is 2. The molecule has 208 valence electrons. The molecule has 0 radical (unpaired) electrons. The highest BCUT2D eigenvalue weighted by molar-refractivity contribution is 7.86. The van der Waals surface area contributed by atoms with Gasteiger partial charge in [0.25, 0.3) is 10.9 Å². The molecule has 0 aliphatic heterocycles. The fourth-order valence-corrected chi connectivity index (χ4v) is 4.64. The van der Waals surface area contributed by atoms with Crippen LogP contribution in [0.25, 0.3) is 10.8 Å². The summed E-state index contributed by atoms with van der Waals surface area (Å²) in [6, 6.07) is 12.1. The van der Waals surface area contributed by atoms with Gasteiger partial charge in [-0.2, -0.15) is 27.0 Å². The molecule has 0 saturated heterocycles. The molecular formula is C24H18F2N4O8S2. The van der Waals surface area contributed by atoms with Crippen molar-refractivity contribution in [1.82, 2.24) is 0 Å². The lowest BCUT2D eigenvalue weighted by atomic mass is 10.1. The summed E-state index contributed by atoms with van der Waals surface area (Å²) >= 11 is 0. The molecule has 4 rings (SSSR count). The smallest absolute Gasteiger partial charge is 0.332 e. The molecule has 2 N–H and O–H groups in total. The zero-order valence-corrected chi connectivity index (χ0v) is 22.1. The van der Waals surface area contributed by atoms with Crippen LogP contribution in [0.15, 0.2) is 90.2 Å². The summed E-state index contributed by atoms with van der Waals surface area (Å²) in [6.07, 6.45) is 0. The van der Waals surface area contributed by atoms with Gasteiger partial charge in [-0.25, -0.2) is 0 Å². The highest BCUT2D eigenvalue weighted by Crippen LogP contribution is 2.29. The Labute approximate surface area is 225 Å². The van der Waals surface area contributed by atoms with Gasteiger partial charge < -0.3 is 9.47 Å². The molecule has 0 unspecified atom stereocenters. The van der Waals surface area contributed by atoms with Gasteiger partial charge in [0.05, 0.1) is 25.6 Å². The van der Waals surface area contributed by atoms with E-state index in [1.807, 2.05) is 0 Å². The first-order valence-corrected chi connectivity index (χ1v) is 13.7. The molecule has 16 heteroatoms. The van der Waals surface area contributed by atoms with Crippen molar-refractivity contribution in [2.75, 3.05) is 25.1 Å². The van der Waals surface area contributed by atoms with Crippen LogP contribution in [-0.2, 0) is 20.4 Å². The van der Waals surface area contributed by atoms with E-state index in [0.717, 1.165) is 24.3 Å². The summed E-state index contributed by atoms with van der Waals surface area (Å²) in [5, 5.41) is 7.52. The number of hydrogen-bond acceptors (Lipinski definition) is 12. The van der Waals surface area contributed by atoms with Crippen molar-refractivity contribution >= 4 is 42.6 Å². The van der Waals surface area contributed by atoms with Gasteiger partial charge in [-0.05, 0) is 36.4 Å². The Morgan fingerprint density at radius 2 is 1.02 bits per heavy atom. The second-order valence-electron chi connectivity index (χ2n) is 7.95. The van der Waals surface area contributed by atoms with Gasteiger partial charge in [0.15, 0.2) is 0 Å². The molecule has 40 heavy (non-hydrogen) atoms. The highest BCUT2D eigenvalue weighted by Gasteiger charge is 2.17. The summed E-state index contributed by atoms with van der Waals surface area (Å²) in [4.78, 5) is 24.7. The maximum atomic E-state index is 13.5. The predicted octanol–water partition coefficient (Wildman–Crippen LogP) is 1.62. The Bertz CT molecular complexity index is 1940. The highest BCUT2D eigenvalue weighted by atomic mass is 32.3. The average Bonchev–Trinajstić information content (AvgIpc) is 2.91. The Morgan fingerprint density at radius 1 is 0.650 bits per heavy atom. The van der Waals surface area contributed by atoms with Crippen LogP contribution in [0.4, 0.5) is 19.1 Å². The van der Waals surface area contributed by atoms with Crippen molar-refractivity contribution in [1.29, 1.82) is 0 Å². The molecule has 0 aromatic heterocycles. The Kier molecular flexibility index (Phi) is 7.66. The van der Waals surface area contributed by atoms with Crippen molar-refractivity contribution in [3.05, 3.63) is 91.8 Å². The minimum Gasteiger partial charge on any atom is -0.495 e. The predicted molar refractivity (Wildman–Crippen MR) is 140 cm³/mol. The largest absolute Gasteiger partial charge is 0.495 e. The number of hydrogen-bond donors (Lipinski definition) is 2. The molecule has 0 amide bonds. The lowest BCUT2D eigenvalue weighted by Crippen LogP contribution is -2.48. The average molecular weight is 593 g/mol. The zero-order chi connectivity index (χ0) is 29.2. The number of benzene rings is 4. The maximum Gasteiger partial charge on any atom is 0.332 e. The molecule has 0 aliphatic rings. The van der Waals surface area contributed by atoms with Gasteiger partial charge in [-0.15, -0.1) is 7.77 Å². The van der Waals surface area contributed by atoms with Crippen molar-refractivity contribution in [2.24, 2.45) is 10.2 Å². The van der Waals surface area contributed by atoms with Gasteiger partial charge in [-0.1, -0.05) is 24.3 Å². The monoisotopic (exact) mass is 592 g/mol. The summed E-state index contributed by atoms with van der Waals surface area (Å²) in [5.41, 5.74) is 2.45. The normalized spacial score (nSPS) is 12.9. The summed E-state index contributed by atoms with van der Waals surface area (Å²) < 4.78 is 82.5. The van der Waals surface area contributed by atoms with Gasteiger partial charge in [0, 0.05) is 10.8 Å². The lowest BCUT2D eigenvalue weighted by Gasteiger charge is -2.09. The molecule has 0 spiro atoms.